The van der Waals surface area contributed by atoms with Crippen molar-refractivity contribution >= 4 is 0 Å². The van der Waals surface area contributed by atoms with Crippen LogP contribution in [-0.2, 0) is 27.4 Å². The minimum atomic E-state index is 0.116. The third kappa shape index (κ3) is 9.52. The molecule has 21 heavy (non-hydrogen) atoms. The number of methoxy groups -OCH3 is 1. The second-order valence-electron chi connectivity index (χ2n) is 5.92. The zero-order chi connectivity index (χ0) is 15.6. The Morgan fingerprint density at radius 2 is 1.76 bits per heavy atom. The van der Waals surface area contributed by atoms with Gasteiger partial charge in [0.05, 0.1) is 38.7 Å². The minimum Gasteiger partial charge on any atom is -0.382 e. The third-order valence-corrected chi connectivity index (χ3v) is 2.76. The van der Waals surface area contributed by atoms with Crippen LogP contribution in [0.5, 0.6) is 0 Å². The number of ether oxygens (including phenoxy) is 3. The molecule has 120 valence electrons. The lowest BCUT2D eigenvalue weighted by molar-refractivity contribution is 0.0192. The average Bonchev–Trinajstić information content (AvgIpc) is 2.44. The van der Waals surface area contributed by atoms with Crippen molar-refractivity contribution in [1.29, 1.82) is 0 Å². The summed E-state index contributed by atoms with van der Waals surface area (Å²) < 4.78 is 15.7. The van der Waals surface area contributed by atoms with E-state index in [9.17, 15) is 0 Å². The van der Waals surface area contributed by atoms with Gasteiger partial charge in [0.2, 0.25) is 0 Å². The summed E-state index contributed by atoms with van der Waals surface area (Å²) in [6.45, 7) is 10.2. The Balaban J connectivity index is 2.16. The molecule has 0 fully saturated rings. The lowest BCUT2D eigenvalue weighted by Crippen LogP contribution is -2.35. The Morgan fingerprint density at radius 3 is 2.38 bits per heavy atom. The summed E-state index contributed by atoms with van der Waals surface area (Å²) in [4.78, 5) is 4.40. The molecule has 5 nitrogen and oxygen atoms in total. The zero-order valence-corrected chi connectivity index (χ0v) is 13.6. The van der Waals surface area contributed by atoms with Crippen molar-refractivity contribution in [3.63, 3.8) is 0 Å². The van der Waals surface area contributed by atoms with E-state index in [1.54, 1.807) is 7.11 Å². The maximum atomic E-state index is 5.51. The van der Waals surface area contributed by atoms with Crippen LogP contribution >= 0.6 is 0 Å². The van der Waals surface area contributed by atoms with Crippen molar-refractivity contribution < 1.29 is 14.2 Å². The van der Waals surface area contributed by atoms with E-state index >= 15 is 0 Å². The average molecular weight is 296 g/mol. The van der Waals surface area contributed by atoms with E-state index in [0.717, 1.165) is 12.2 Å². The zero-order valence-electron chi connectivity index (χ0n) is 13.6. The number of aromatic nitrogens is 1. The Morgan fingerprint density at radius 1 is 1.05 bits per heavy atom. The van der Waals surface area contributed by atoms with Gasteiger partial charge in [0.1, 0.15) is 0 Å². The molecule has 0 aromatic carbocycles. The smallest absolute Gasteiger partial charge is 0.0889 e. The number of nitrogens with zero attached hydrogens (tertiary/aromatic N) is 1. The fraction of sp³-hybridized carbons (Fsp3) is 0.688. The van der Waals surface area contributed by atoms with Crippen molar-refractivity contribution in [1.82, 2.24) is 10.3 Å². The first-order chi connectivity index (χ1) is 10.0. The van der Waals surface area contributed by atoms with Crippen LogP contribution in [0.15, 0.2) is 18.3 Å². The predicted molar refractivity (Wildman–Crippen MR) is 83.2 cm³/mol. The molecule has 0 atom stereocenters. The fourth-order valence-electron chi connectivity index (χ4n) is 1.55. The number of nitrogens with one attached hydrogen (secondary N) is 1. The number of pyridine rings is 1. The highest BCUT2D eigenvalue weighted by Crippen LogP contribution is 2.05. The highest BCUT2D eigenvalue weighted by atomic mass is 16.5. The molecule has 5 heteroatoms. The molecule has 1 aromatic heterocycles. The monoisotopic (exact) mass is 296 g/mol. The Kier molecular flexibility index (Phi) is 8.45. The van der Waals surface area contributed by atoms with Crippen LogP contribution < -0.4 is 5.32 Å². The maximum Gasteiger partial charge on any atom is 0.0889 e. The summed E-state index contributed by atoms with van der Waals surface area (Å²) in [5.74, 6) is 0. The van der Waals surface area contributed by atoms with Gasteiger partial charge in [-0.2, -0.15) is 0 Å². The van der Waals surface area contributed by atoms with E-state index < -0.39 is 0 Å². The molecule has 0 unspecified atom stereocenters. The Hall–Kier alpha value is -1.01. The predicted octanol–water partition coefficient (Wildman–Crippen LogP) is 2.15. The van der Waals surface area contributed by atoms with E-state index in [-0.39, 0.29) is 5.54 Å². The quantitative estimate of drug-likeness (QED) is 0.671. The lowest BCUT2D eigenvalue weighted by atomic mass is 10.1. The van der Waals surface area contributed by atoms with Gasteiger partial charge in [-0.05, 0) is 32.4 Å². The Labute approximate surface area is 128 Å². The molecule has 0 aliphatic rings. The molecule has 0 radical (unpaired) electrons. The molecule has 1 aromatic rings. The van der Waals surface area contributed by atoms with Crippen LogP contribution in [0.4, 0.5) is 0 Å². The Bertz CT molecular complexity index is 374. The summed E-state index contributed by atoms with van der Waals surface area (Å²) in [5, 5.41) is 3.44. The van der Waals surface area contributed by atoms with Crippen LogP contribution in [0.1, 0.15) is 32.0 Å². The van der Waals surface area contributed by atoms with E-state index in [1.807, 2.05) is 12.3 Å². The van der Waals surface area contributed by atoms with Crippen molar-refractivity contribution in [2.75, 3.05) is 33.5 Å². The summed E-state index contributed by atoms with van der Waals surface area (Å²) in [6.07, 6.45) is 1.90. The SMILES string of the molecule is COCCOCCOCc1ccc(CNC(C)(C)C)cn1. The summed E-state index contributed by atoms with van der Waals surface area (Å²) in [6, 6.07) is 4.09. The lowest BCUT2D eigenvalue weighted by Gasteiger charge is -2.20. The van der Waals surface area contributed by atoms with Gasteiger partial charge in [-0.3, -0.25) is 4.98 Å². The molecule has 0 bridgehead atoms. The van der Waals surface area contributed by atoms with Crippen LogP contribution in [0.3, 0.4) is 0 Å². The normalized spacial score (nSPS) is 11.8. The van der Waals surface area contributed by atoms with E-state index in [4.69, 9.17) is 14.2 Å². The van der Waals surface area contributed by atoms with Gasteiger partial charge >= 0.3 is 0 Å². The third-order valence-electron chi connectivity index (χ3n) is 2.76. The topological polar surface area (TPSA) is 52.6 Å². The molecular formula is C16H28N2O3. The van der Waals surface area contributed by atoms with Gasteiger partial charge in [0.15, 0.2) is 0 Å². The van der Waals surface area contributed by atoms with Gasteiger partial charge in [-0.15, -0.1) is 0 Å². The van der Waals surface area contributed by atoms with Crippen LogP contribution in [0, 0.1) is 0 Å². The molecule has 0 amide bonds. The van der Waals surface area contributed by atoms with E-state index in [2.05, 4.69) is 37.1 Å². The first-order valence-corrected chi connectivity index (χ1v) is 7.34. The van der Waals surface area contributed by atoms with Crippen molar-refractivity contribution in [3.8, 4) is 0 Å². The van der Waals surface area contributed by atoms with Gasteiger partial charge in [0.25, 0.3) is 0 Å². The summed E-state index contributed by atoms with van der Waals surface area (Å²) in [7, 11) is 1.66. The van der Waals surface area contributed by atoms with E-state index in [1.165, 1.54) is 5.56 Å². The van der Waals surface area contributed by atoms with Crippen molar-refractivity contribution in [3.05, 3.63) is 29.6 Å². The van der Waals surface area contributed by atoms with Gasteiger partial charge in [-0.25, -0.2) is 0 Å². The summed E-state index contributed by atoms with van der Waals surface area (Å²) in [5.41, 5.74) is 2.23. The van der Waals surface area contributed by atoms with Crippen LogP contribution in [0.25, 0.3) is 0 Å². The number of hydrogen-bond acceptors (Lipinski definition) is 5. The van der Waals surface area contributed by atoms with Gasteiger partial charge in [-0.1, -0.05) is 6.07 Å². The summed E-state index contributed by atoms with van der Waals surface area (Å²) >= 11 is 0. The number of hydrogen-bond donors (Lipinski definition) is 1. The van der Waals surface area contributed by atoms with Crippen LogP contribution in [0.2, 0.25) is 0 Å². The van der Waals surface area contributed by atoms with E-state index in [0.29, 0.717) is 33.0 Å². The fourth-order valence-corrected chi connectivity index (χ4v) is 1.55. The molecule has 1 heterocycles. The maximum absolute atomic E-state index is 5.51. The molecule has 0 spiro atoms. The molecule has 0 saturated heterocycles. The standard InChI is InChI=1S/C16H28N2O3/c1-16(2,3)18-12-14-5-6-15(17-11-14)13-21-10-9-20-8-7-19-4/h5-6,11,18H,7-10,12-13H2,1-4H3. The highest BCUT2D eigenvalue weighted by molar-refractivity contribution is 5.13. The molecular weight excluding hydrogens is 268 g/mol. The molecule has 0 aliphatic carbocycles. The molecule has 1 N–H and O–H groups in total. The molecule has 1 rings (SSSR count). The highest BCUT2D eigenvalue weighted by Gasteiger charge is 2.08. The molecule has 0 saturated carbocycles. The van der Waals surface area contributed by atoms with Crippen molar-refractivity contribution in [2.24, 2.45) is 0 Å². The molecule has 0 aliphatic heterocycles. The largest absolute Gasteiger partial charge is 0.382 e. The van der Waals surface area contributed by atoms with Gasteiger partial charge < -0.3 is 19.5 Å². The van der Waals surface area contributed by atoms with Crippen molar-refractivity contribution in [2.45, 2.75) is 39.5 Å². The number of rotatable bonds is 10. The minimum absolute atomic E-state index is 0.116. The first kappa shape index (κ1) is 18.0. The first-order valence-electron chi connectivity index (χ1n) is 7.34. The second kappa shape index (κ2) is 9.84. The van der Waals surface area contributed by atoms with Gasteiger partial charge in [0, 0.05) is 25.4 Å². The van der Waals surface area contributed by atoms with Crippen LogP contribution in [-0.4, -0.2) is 44.1 Å². The second-order valence-corrected chi connectivity index (χ2v) is 5.92.